The minimum Gasteiger partial charge on any atom is -0.476 e. The van der Waals surface area contributed by atoms with Gasteiger partial charge in [0, 0.05) is 13.2 Å². The van der Waals surface area contributed by atoms with Gasteiger partial charge >= 0.3 is 0 Å². The van der Waals surface area contributed by atoms with Crippen LogP contribution in [0.5, 0.6) is 5.88 Å². The molecule has 0 aromatic carbocycles. The van der Waals surface area contributed by atoms with Gasteiger partial charge in [-0.3, -0.25) is 0 Å². The highest BCUT2D eigenvalue weighted by Crippen LogP contribution is 2.28. The molecule has 0 unspecified atom stereocenters. The summed E-state index contributed by atoms with van der Waals surface area (Å²) in [5.41, 5.74) is 2.48. The molecule has 7 heteroatoms. The molecule has 1 aliphatic rings. The fraction of sp³-hybridized carbons (Fsp3) is 0.600. The Labute approximate surface area is 108 Å². The second kappa shape index (κ2) is 6.13. The van der Waals surface area contributed by atoms with Crippen LogP contribution in [-0.2, 0) is 4.74 Å². The van der Waals surface area contributed by atoms with E-state index >= 15 is 0 Å². The summed E-state index contributed by atoms with van der Waals surface area (Å²) in [4.78, 5) is 8.02. The van der Waals surface area contributed by atoms with Gasteiger partial charge in [-0.2, -0.15) is 0 Å². The average molecular weight is 303 g/mol. The number of hydrazine groups is 1. The quantitative estimate of drug-likeness (QED) is 0.645. The van der Waals surface area contributed by atoms with Crippen LogP contribution < -0.4 is 16.0 Å². The lowest BCUT2D eigenvalue weighted by molar-refractivity contribution is 0.0489. The lowest BCUT2D eigenvalue weighted by Gasteiger charge is -2.22. The van der Waals surface area contributed by atoms with Crippen molar-refractivity contribution in [2.45, 2.75) is 12.8 Å². The molecule has 0 bridgehead atoms. The maximum atomic E-state index is 5.67. The Balaban J connectivity index is 1.93. The maximum absolute atomic E-state index is 5.67. The predicted octanol–water partition coefficient (Wildman–Crippen LogP) is 1.33. The zero-order chi connectivity index (χ0) is 12.1. The summed E-state index contributed by atoms with van der Waals surface area (Å²) in [7, 11) is 0. The third kappa shape index (κ3) is 3.27. The third-order valence-electron chi connectivity index (χ3n) is 2.69. The molecule has 1 saturated heterocycles. The molecule has 0 aliphatic carbocycles. The number of hydrogen-bond acceptors (Lipinski definition) is 6. The van der Waals surface area contributed by atoms with Gasteiger partial charge in [0.1, 0.15) is 10.8 Å². The van der Waals surface area contributed by atoms with Crippen molar-refractivity contribution in [3.8, 4) is 5.88 Å². The van der Waals surface area contributed by atoms with E-state index in [0.29, 0.717) is 28.7 Å². The molecule has 2 heterocycles. The number of nitrogens with zero attached hydrogens (tertiary/aromatic N) is 2. The molecular weight excluding hydrogens is 288 g/mol. The van der Waals surface area contributed by atoms with Crippen molar-refractivity contribution in [3.63, 3.8) is 0 Å². The summed E-state index contributed by atoms with van der Waals surface area (Å²) < 4.78 is 11.6. The van der Waals surface area contributed by atoms with E-state index in [9.17, 15) is 0 Å². The Morgan fingerprint density at radius 3 is 2.94 bits per heavy atom. The summed E-state index contributed by atoms with van der Waals surface area (Å²) in [5.74, 6) is 6.87. The van der Waals surface area contributed by atoms with Gasteiger partial charge in [-0.05, 0) is 34.7 Å². The van der Waals surface area contributed by atoms with Crippen LogP contribution in [0.4, 0.5) is 5.82 Å². The van der Waals surface area contributed by atoms with E-state index < -0.39 is 0 Å². The van der Waals surface area contributed by atoms with Crippen LogP contribution in [0.3, 0.4) is 0 Å². The summed E-state index contributed by atoms with van der Waals surface area (Å²) in [6, 6.07) is 0. The monoisotopic (exact) mass is 302 g/mol. The van der Waals surface area contributed by atoms with E-state index in [-0.39, 0.29) is 0 Å². The Morgan fingerprint density at radius 2 is 2.24 bits per heavy atom. The Kier molecular flexibility index (Phi) is 4.52. The van der Waals surface area contributed by atoms with Crippen LogP contribution in [0.15, 0.2) is 10.8 Å². The summed E-state index contributed by atoms with van der Waals surface area (Å²) in [6.45, 7) is 2.27. The molecule has 6 nitrogen and oxygen atoms in total. The zero-order valence-corrected chi connectivity index (χ0v) is 10.9. The SMILES string of the molecule is NNc1ncnc(OCC2CCOCC2)c1Br. The number of ether oxygens (including phenoxy) is 2. The molecule has 0 saturated carbocycles. The van der Waals surface area contributed by atoms with E-state index in [1.54, 1.807) is 0 Å². The van der Waals surface area contributed by atoms with E-state index in [1.165, 1.54) is 6.33 Å². The first-order valence-corrected chi connectivity index (χ1v) is 6.28. The van der Waals surface area contributed by atoms with Gasteiger partial charge < -0.3 is 14.9 Å². The fourth-order valence-electron chi connectivity index (χ4n) is 1.66. The molecule has 17 heavy (non-hydrogen) atoms. The van der Waals surface area contributed by atoms with E-state index in [1.807, 2.05) is 0 Å². The minimum atomic E-state index is 0.513. The number of aromatic nitrogens is 2. The fourth-order valence-corrected chi connectivity index (χ4v) is 2.10. The first kappa shape index (κ1) is 12.5. The van der Waals surface area contributed by atoms with E-state index in [2.05, 4.69) is 31.3 Å². The Bertz CT molecular complexity index is 371. The molecule has 2 rings (SSSR count). The van der Waals surface area contributed by atoms with Crippen LogP contribution in [0.1, 0.15) is 12.8 Å². The summed E-state index contributed by atoms with van der Waals surface area (Å²) in [6.07, 6.45) is 3.48. The second-order valence-corrected chi connectivity index (χ2v) is 4.65. The standard InChI is InChI=1S/C10H15BrN4O2/c11-8-9(15-12)13-6-14-10(8)17-5-7-1-3-16-4-2-7/h6-7H,1-5,12H2,(H,13,14,15). The number of nitrogens with two attached hydrogens (primary N) is 1. The first-order valence-electron chi connectivity index (χ1n) is 5.49. The van der Waals surface area contributed by atoms with Crippen LogP contribution >= 0.6 is 15.9 Å². The number of nitrogen functional groups attached to an aromatic ring is 1. The van der Waals surface area contributed by atoms with Gasteiger partial charge in [0.2, 0.25) is 5.88 Å². The number of halogens is 1. The molecule has 0 amide bonds. The molecule has 0 radical (unpaired) electrons. The molecule has 1 aliphatic heterocycles. The lowest BCUT2D eigenvalue weighted by atomic mass is 10.0. The minimum absolute atomic E-state index is 0.513. The number of rotatable bonds is 4. The highest BCUT2D eigenvalue weighted by molar-refractivity contribution is 9.10. The van der Waals surface area contributed by atoms with Crippen molar-refractivity contribution in [2.24, 2.45) is 11.8 Å². The number of nitrogens with one attached hydrogen (secondary N) is 1. The van der Waals surface area contributed by atoms with Gasteiger partial charge in [-0.25, -0.2) is 15.8 Å². The first-order chi connectivity index (χ1) is 8.31. The van der Waals surface area contributed by atoms with Crippen LogP contribution in [0, 0.1) is 5.92 Å². The van der Waals surface area contributed by atoms with Crippen molar-refractivity contribution >= 4 is 21.7 Å². The number of anilines is 1. The Morgan fingerprint density at radius 1 is 1.47 bits per heavy atom. The van der Waals surface area contributed by atoms with Crippen molar-refractivity contribution < 1.29 is 9.47 Å². The summed E-state index contributed by atoms with van der Waals surface area (Å²) in [5, 5.41) is 0. The van der Waals surface area contributed by atoms with Gasteiger partial charge in [-0.15, -0.1) is 0 Å². The average Bonchev–Trinajstić information content (AvgIpc) is 2.39. The molecule has 3 N–H and O–H groups in total. The van der Waals surface area contributed by atoms with Gasteiger partial charge in [0.05, 0.1) is 6.61 Å². The van der Waals surface area contributed by atoms with Crippen LogP contribution in [0.2, 0.25) is 0 Å². The van der Waals surface area contributed by atoms with Gasteiger partial charge in [-0.1, -0.05) is 0 Å². The lowest BCUT2D eigenvalue weighted by Crippen LogP contribution is -2.22. The largest absolute Gasteiger partial charge is 0.476 e. The Hall–Kier alpha value is -0.920. The van der Waals surface area contributed by atoms with Crippen molar-refractivity contribution in [1.29, 1.82) is 0 Å². The highest BCUT2D eigenvalue weighted by atomic mass is 79.9. The van der Waals surface area contributed by atoms with Crippen molar-refractivity contribution in [2.75, 3.05) is 25.2 Å². The highest BCUT2D eigenvalue weighted by Gasteiger charge is 2.16. The molecular formula is C10H15BrN4O2. The van der Waals surface area contributed by atoms with E-state index in [0.717, 1.165) is 26.1 Å². The van der Waals surface area contributed by atoms with Gasteiger partial charge in [0.25, 0.3) is 0 Å². The third-order valence-corrected chi connectivity index (χ3v) is 3.41. The second-order valence-electron chi connectivity index (χ2n) is 3.85. The smallest absolute Gasteiger partial charge is 0.233 e. The molecule has 1 fully saturated rings. The molecule has 94 valence electrons. The van der Waals surface area contributed by atoms with Crippen molar-refractivity contribution in [3.05, 3.63) is 10.8 Å². The zero-order valence-electron chi connectivity index (χ0n) is 9.36. The van der Waals surface area contributed by atoms with Gasteiger partial charge in [0.15, 0.2) is 5.82 Å². The predicted molar refractivity (Wildman–Crippen MR) is 66.6 cm³/mol. The maximum Gasteiger partial charge on any atom is 0.233 e. The molecule has 1 aromatic heterocycles. The van der Waals surface area contributed by atoms with Crippen molar-refractivity contribution in [1.82, 2.24) is 9.97 Å². The topological polar surface area (TPSA) is 82.3 Å². The molecule has 0 atom stereocenters. The van der Waals surface area contributed by atoms with Crippen LogP contribution in [0.25, 0.3) is 0 Å². The van der Waals surface area contributed by atoms with Crippen LogP contribution in [-0.4, -0.2) is 29.8 Å². The number of hydrogen-bond donors (Lipinski definition) is 2. The summed E-state index contributed by atoms with van der Waals surface area (Å²) >= 11 is 3.35. The molecule has 1 aromatic rings. The normalized spacial score (nSPS) is 16.8. The molecule has 0 spiro atoms. The van der Waals surface area contributed by atoms with E-state index in [4.69, 9.17) is 15.3 Å².